The number of aliphatic carboxylic acids is 1. The quantitative estimate of drug-likeness (QED) is 0.406. The van der Waals surface area contributed by atoms with Crippen LogP contribution < -0.4 is 10.6 Å². The second-order valence-electron chi connectivity index (χ2n) is 8.01. The van der Waals surface area contributed by atoms with E-state index in [1.807, 2.05) is 36.4 Å². The number of hydrogen-bond acceptors (Lipinski definition) is 6. The standard InChI is InChI=1S/C25H30N2O7/c1-17(2)22(24(30)31)27-23(29)20(26-25(32)34-16-19-11-7-4-8-12-19)13-14-21(28)33-15-18-9-5-3-6-10-18/h3-12,17,20,22H,13-16H2,1-2H3,(H,26,32)(H,27,29)(H,30,31)/t20-,22-/m0/s1. The molecule has 2 rings (SSSR count). The van der Waals surface area contributed by atoms with Crippen LogP contribution in [0.5, 0.6) is 0 Å². The van der Waals surface area contributed by atoms with Crippen LogP contribution in [0.2, 0.25) is 0 Å². The second kappa shape index (κ2) is 13.6. The van der Waals surface area contributed by atoms with E-state index in [9.17, 15) is 24.3 Å². The molecule has 0 spiro atoms. The number of rotatable bonds is 12. The fourth-order valence-electron chi connectivity index (χ4n) is 3.02. The van der Waals surface area contributed by atoms with Gasteiger partial charge in [0.15, 0.2) is 0 Å². The van der Waals surface area contributed by atoms with Gasteiger partial charge in [0.1, 0.15) is 25.3 Å². The minimum atomic E-state index is -1.20. The van der Waals surface area contributed by atoms with Crippen molar-refractivity contribution in [2.45, 2.75) is 52.0 Å². The summed E-state index contributed by atoms with van der Waals surface area (Å²) in [7, 11) is 0. The second-order valence-corrected chi connectivity index (χ2v) is 8.01. The van der Waals surface area contributed by atoms with Crippen LogP contribution in [0.3, 0.4) is 0 Å². The van der Waals surface area contributed by atoms with Gasteiger partial charge in [0.05, 0.1) is 0 Å². The lowest BCUT2D eigenvalue weighted by atomic mass is 10.0. The van der Waals surface area contributed by atoms with Crippen molar-refractivity contribution in [3.63, 3.8) is 0 Å². The van der Waals surface area contributed by atoms with Gasteiger partial charge >= 0.3 is 18.0 Å². The summed E-state index contributed by atoms with van der Waals surface area (Å²) in [6, 6.07) is 15.8. The van der Waals surface area contributed by atoms with Crippen molar-refractivity contribution in [3.8, 4) is 0 Å². The van der Waals surface area contributed by atoms with Crippen molar-refractivity contribution < 1.29 is 33.8 Å². The fourth-order valence-corrected chi connectivity index (χ4v) is 3.02. The summed E-state index contributed by atoms with van der Waals surface area (Å²) < 4.78 is 10.4. The molecule has 0 heterocycles. The summed E-state index contributed by atoms with van der Waals surface area (Å²) in [5.74, 6) is -2.87. The van der Waals surface area contributed by atoms with Crippen molar-refractivity contribution in [1.82, 2.24) is 10.6 Å². The minimum Gasteiger partial charge on any atom is -0.480 e. The third-order valence-electron chi connectivity index (χ3n) is 4.93. The number of amides is 2. The Morgan fingerprint density at radius 2 is 1.35 bits per heavy atom. The van der Waals surface area contributed by atoms with E-state index in [1.54, 1.807) is 38.1 Å². The van der Waals surface area contributed by atoms with Crippen LogP contribution in [-0.4, -0.2) is 41.1 Å². The molecule has 0 saturated carbocycles. The van der Waals surface area contributed by atoms with Crippen molar-refractivity contribution >= 4 is 23.9 Å². The van der Waals surface area contributed by atoms with Gasteiger partial charge in [-0.25, -0.2) is 9.59 Å². The summed E-state index contributed by atoms with van der Waals surface area (Å²) in [4.78, 5) is 48.7. The minimum absolute atomic E-state index is 0.0100. The molecule has 3 N–H and O–H groups in total. The normalized spacial score (nSPS) is 12.3. The van der Waals surface area contributed by atoms with Gasteiger partial charge in [-0.15, -0.1) is 0 Å². The zero-order valence-corrected chi connectivity index (χ0v) is 19.2. The lowest BCUT2D eigenvalue weighted by molar-refractivity contribution is -0.146. The molecule has 9 heteroatoms. The number of benzene rings is 2. The zero-order chi connectivity index (χ0) is 24.9. The maximum Gasteiger partial charge on any atom is 0.408 e. The highest BCUT2D eigenvalue weighted by atomic mass is 16.5. The zero-order valence-electron chi connectivity index (χ0n) is 19.2. The topological polar surface area (TPSA) is 131 Å². The Bertz CT molecular complexity index is 948. The number of carbonyl (C=O) groups is 4. The van der Waals surface area contributed by atoms with Gasteiger partial charge in [0.25, 0.3) is 0 Å². The van der Waals surface area contributed by atoms with Crippen LogP contribution in [0.4, 0.5) is 4.79 Å². The molecule has 2 atom stereocenters. The molecule has 9 nitrogen and oxygen atoms in total. The summed E-state index contributed by atoms with van der Waals surface area (Å²) >= 11 is 0. The highest BCUT2D eigenvalue weighted by Crippen LogP contribution is 2.08. The van der Waals surface area contributed by atoms with Gasteiger partial charge in [0.2, 0.25) is 5.91 Å². The Balaban J connectivity index is 1.97. The highest BCUT2D eigenvalue weighted by Gasteiger charge is 2.29. The van der Waals surface area contributed by atoms with Crippen molar-refractivity contribution in [2.75, 3.05) is 0 Å². The smallest absolute Gasteiger partial charge is 0.408 e. The van der Waals surface area contributed by atoms with Gasteiger partial charge in [-0.3, -0.25) is 9.59 Å². The van der Waals surface area contributed by atoms with E-state index in [0.29, 0.717) is 0 Å². The van der Waals surface area contributed by atoms with Crippen LogP contribution in [0.1, 0.15) is 37.8 Å². The first-order valence-corrected chi connectivity index (χ1v) is 11.0. The molecule has 0 fully saturated rings. The SMILES string of the molecule is CC(C)[C@H](NC(=O)[C@H](CCC(=O)OCc1ccccc1)NC(=O)OCc1ccccc1)C(=O)O. The molecule has 0 radical (unpaired) electrons. The lowest BCUT2D eigenvalue weighted by Gasteiger charge is -2.23. The van der Waals surface area contributed by atoms with Gasteiger partial charge < -0.3 is 25.2 Å². The Labute approximate surface area is 198 Å². The van der Waals surface area contributed by atoms with Crippen molar-refractivity contribution in [1.29, 1.82) is 0 Å². The van der Waals surface area contributed by atoms with Crippen LogP contribution in [-0.2, 0) is 37.1 Å². The van der Waals surface area contributed by atoms with Crippen molar-refractivity contribution in [2.24, 2.45) is 5.92 Å². The molecule has 2 aromatic rings. The third-order valence-corrected chi connectivity index (χ3v) is 4.93. The van der Waals surface area contributed by atoms with Gasteiger partial charge in [-0.2, -0.15) is 0 Å². The van der Waals surface area contributed by atoms with Gasteiger partial charge in [-0.05, 0) is 23.5 Å². The number of hydrogen-bond donors (Lipinski definition) is 3. The number of nitrogens with one attached hydrogen (secondary N) is 2. The number of carboxylic acids is 1. The van der Waals surface area contributed by atoms with E-state index in [4.69, 9.17) is 9.47 Å². The predicted octanol–water partition coefficient (Wildman–Crippen LogP) is 3.03. The molecule has 0 unspecified atom stereocenters. The molecule has 2 aromatic carbocycles. The first kappa shape index (κ1) is 26.4. The molecular weight excluding hydrogens is 440 g/mol. The number of alkyl carbamates (subject to hydrolysis) is 1. The molecule has 0 aliphatic heterocycles. The molecule has 0 saturated heterocycles. The van der Waals surface area contributed by atoms with E-state index in [1.165, 1.54) is 0 Å². The van der Waals surface area contributed by atoms with E-state index in [2.05, 4.69) is 10.6 Å². The number of carbonyl (C=O) groups excluding carboxylic acids is 3. The maximum atomic E-state index is 12.8. The molecule has 34 heavy (non-hydrogen) atoms. The molecule has 0 aromatic heterocycles. The summed E-state index contributed by atoms with van der Waals surface area (Å²) in [5, 5.41) is 14.2. The first-order valence-electron chi connectivity index (χ1n) is 11.0. The van der Waals surface area contributed by atoms with E-state index >= 15 is 0 Å². The number of ether oxygens (including phenoxy) is 2. The van der Waals surface area contributed by atoms with E-state index in [0.717, 1.165) is 11.1 Å². The Morgan fingerprint density at radius 3 is 1.85 bits per heavy atom. The predicted molar refractivity (Wildman–Crippen MR) is 123 cm³/mol. The average Bonchev–Trinajstić information content (AvgIpc) is 2.83. The van der Waals surface area contributed by atoms with Crippen LogP contribution in [0.25, 0.3) is 0 Å². The molecule has 2 amide bonds. The van der Waals surface area contributed by atoms with Gasteiger partial charge in [-0.1, -0.05) is 74.5 Å². The molecule has 0 aliphatic rings. The molecule has 0 aliphatic carbocycles. The third kappa shape index (κ3) is 9.32. The van der Waals surface area contributed by atoms with Crippen LogP contribution in [0, 0.1) is 5.92 Å². The lowest BCUT2D eigenvalue weighted by Crippen LogP contribution is -2.53. The Morgan fingerprint density at radius 1 is 0.824 bits per heavy atom. The summed E-state index contributed by atoms with van der Waals surface area (Å²) in [6.45, 7) is 3.37. The summed E-state index contributed by atoms with van der Waals surface area (Å²) in [6.07, 6.45) is -1.12. The first-order chi connectivity index (χ1) is 16.3. The maximum absolute atomic E-state index is 12.8. The van der Waals surface area contributed by atoms with Crippen LogP contribution >= 0.6 is 0 Å². The fraction of sp³-hybridized carbons (Fsp3) is 0.360. The largest absolute Gasteiger partial charge is 0.480 e. The Kier molecular flexibility index (Phi) is 10.6. The number of esters is 1. The average molecular weight is 471 g/mol. The van der Waals surface area contributed by atoms with Gasteiger partial charge in [0, 0.05) is 6.42 Å². The highest BCUT2D eigenvalue weighted by molar-refractivity contribution is 5.89. The monoisotopic (exact) mass is 470 g/mol. The Hall–Kier alpha value is -3.88. The van der Waals surface area contributed by atoms with Crippen molar-refractivity contribution in [3.05, 3.63) is 71.8 Å². The van der Waals surface area contributed by atoms with Crippen LogP contribution in [0.15, 0.2) is 60.7 Å². The number of carboxylic acid groups (broad SMARTS) is 1. The molecular formula is C25H30N2O7. The summed E-state index contributed by atoms with van der Waals surface area (Å²) in [5.41, 5.74) is 1.57. The molecule has 0 bridgehead atoms. The van der Waals surface area contributed by atoms with E-state index in [-0.39, 0.29) is 32.0 Å². The van der Waals surface area contributed by atoms with E-state index < -0.39 is 36.0 Å². The molecule has 182 valence electrons.